The van der Waals surface area contributed by atoms with Gasteiger partial charge < -0.3 is 4.90 Å². The Morgan fingerprint density at radius 3 is 2.08 bits per heavy atom. The van der Waals surface area contributed by atoms with Gasteiger partial charge in [0, 0.05) is 18.1 Å². The predicted octanol–water partition coefficient (Wildman–Crippen LogP) is 4.61. The van der Waals surface area contributed by atoms with E-state index in [0.29, 0.717) is 17.9 Å². The zero-order chi connectivity index (χ0) is 18.8. The van der Waals surface area contributed by atoms with Gasteiger partial charge in [-0.1, -0.05) is 50.1 Å². The van der Waals surface area contributed by atoms with E-state index in [1.165, 1.54) is 25.0 Å². The lowest BCUT2D eigenvalue weighted by molar-refractivity contribution is -0.135. The first kappa shape index (κ1) is 19.7. The molecular weight excluding hydrogens is 370 g/mol. The summed E-state index contributed by atoms with van der Waals surface area (Å²) in [6.07, 6.45) is 8.94. The van der Waals surface area contributed by atoms with E-state index in [1.807, 2.05) is 0 Å². The monoisotopic (exact) mass is 397 g/mol. The Hall–Kier alpha value is -1.07. The molecule has 0 atom stereocenters. The summed E-state index contributed by atoms with van der Waals surface area (Å²) < 4.78 is 25.6. The maximum Gasteiger partial charge on any atom is 0.244 e. The Kier molecular flexibility index (Phi) is 5.97. The van der Waals surface area contributed by atoms with Gasteiger partial charge in [-0.15, -0.1) is 0 Å². The second-order valence-corrected chi connectivity index (χ2v) is 10.4. The van der Waals surface area contributed by atoms with Crippen LogP contribution in [0.1, 0.15) is 64.2 Å². The molecule has 26 heavy (non-hydrogen) atoms. The average Bonchev–Trinajstić information content (AvgIpc) is 2.99. The summed E-state index contributed by atoms with van der Waals surface area (Å²) in [7, 11) is -1.96. The largest absolute Gasteiger partial charge is 0.341 e. The summed E-state index contributed by atoms with van der Waals surface area (Å²) >= 11 is 5.92. The zero-order valence-electron chi connectivity index (χ0n) is 15.4. The van der Waals surface area contributed by atoms with Gasteiger partial charge in [0.2, 0.25) is 5.91 Å². The third-order valence-electron chi connectivity index (χ3n) is 6.13. The number of sulfone groups is 1. The molecule has 1 amide bonds. The molecule has 144 valence electrons. The standard InChI is InChI=1S/C20H28ClNO3S/c1-22(17-8-4-2-3-5-9-17)19(23)20(14-6-7-15-20)26(24,25)18-12-10-16(21)11-13-18/h10-13,17H,2-9,14-15H2,1H3. The second kappa shape index (κ2) is 7.89. The smallest absolute Gasteiger partial charge is 0.244 e. The van der Waals surface area contributed by atoms with Crippen LogP contribution >= 0.6 is 11.6 Å². The summed E-state index contributed by atoms with van der Waals surface area (Å²) in [6, 6.07) is 6.36. The molecule has 3 rings (SSSR count). The Morgan fingerprint density at radius 2 is 1.54 bits per heavy atom. The van der Waals surface area contributed by atoms with E-state index in [0.717, 1.165) is 38.5 Å². The molecule has 0 spiro atoms. The van der Waals surface area contributed by atoms with Gasteiger partial charge in [-0.25, -0.2) is 8.42 Å². The van der Waals surface area contributed by atoms with Gasteiger partial charge in [-0.3, -0.25) is 4.79 Å². The number of hydrogen-bond acceptors (Lipinski definition) is 3. The van der Waals surface area contributed by atoms with Crippen LogP contribution in [0.2, 0.25) is 5.02 Å². The molecule has 0 radical (unpaired) electrons. The van der Waals surface area contributed by atoms with E-state index in [9.17, 15) is 13.2 Å². The highest BCUT2D eigenvalue weighted by Crippen LogP contribution is 2.42. The number of benzene rings is 1. The number of amides is 1. The molecule has 0 aromatic heterocycles. The summed E-state index contributed by atoms with van der Waals surface area (Å²) in [5.74, 6) is -0.211. The molecule has 2 fully saturated rings. The molecule has 1 aromatic rings. The van der Waals surface area contributed by atoms with Crippen molar-refractivity contribution in [3.63, 3.8) is 0 Å². The number of hydrogen-bond donors (Lipinski definition) is 0. The predicted molar refractivity (Wildman–Crippen MR) is 104 cm³/mol. The minimum Gasteiger partial charge on any atom is -0.341 e. The van der Waals surface area contributed by atoms with Gasteiger partial charge in [0.15, 0.2) is 14.6 Å². The lowest BCUT2D eigenvalue weighted by Gasteiger charge is -2.36. The van der Waals surface area contributed by atoms with Crippen LogP contribution in [0.4, 0.5) is 0 Å². The second-order valence-electron chi connectivity index (χ2n) is 7.72. The fourth-order valence-corrected chi connectivity index (χ4v) is 6.79. The van der Waals surface area contributed by atoms with E-state index < -0.39 is 14.6 Å². The van der Waals surface area contributed by atoms with Gasteiger partial charge >= 0.3 is 0 Å². The van der Waals surface area contributed by atoms with Crippen LogP contribution in [-0.4, -0.2) is 37.1 Å². The minimum atomic E-state index is -3.76. The van der Waals surface area contributed by atoms with Crippen LogP contribution in [0.25, 0.3) is 0 Å². The molecule has 2 aliphatic rings. The molecule has 1 aromatic carbocycles. The van der Waals surface area contributed by atoms with Crippen molar-refractivity contribution in [2.24, 2.45) is 0 Å². The Labute approximate surface area is 161 Å². The minimum absolute atomic E-state index is 0.155. The van der Waals surface area contributed by atoms with Gasteiger partial charge in [0.1, 0.15) is 0 Å². The van der Waals surface area contributed by atoms with Crippen molar-refractivity contribution >= 4 is 27.3 Å². The van der Waals surface area contributed by atoms with Gasteiger partial charge in [0.05, 0.1) is 4.90 Å². The van der Waals surface area contributed by atoms with E-state index in [-0.39, 0.29) is 16.8 Å². The number of carbonyl (C=O) groups excluding carboxylic acids is 1. The third-order valence-corrected chi connectivity index (χ3v) is 8.89. The zero-order valence-corrected chi connectivity index (χ0v) is 17.0. The molecule has 0 unspecified atom stereocenters. The number of carbonyl (C=O) groups is 1. The molecule has 0 bridgehead atoms. The number of rotatable bonds is 4. The first-order valence-corrected chi connectivity index (χ1v) is 11.5. The first-order valence-electron chi connectivity index (χ1n) is 9.66. The van der Waals surface area contributed by atoms with Gasteiger partial charge in [-0.2, -0.15) is 0 Å². The maximum atomic E-state index is 13.5. The highest BCUT2D eigenvalue weighted by Gasteiger charge is 2.54. The van der Waals surface area contributed by atoms with Gasteiger partial charge in [0.25, 0.3) is 0 Å². The Morgan fingerprint density at radius 1 is 1.00 bits per heavy atom. The van der Waals surface area contributed by atoms with Crippen molar-refractivity contribution in [1.82, 2.24) is 4.90 Å². The highest BCUT2D eigenvalue weighted by atomic mass is 35.5. The maximum absolute atomic E-state index is 13.5. The van der Waals surface area contributed by atoms with E-state index in [2.05, 4.69) is 0 Å². The van der Waals surface area contributed by atoms with Crippen LogP contribution in [-0.2, 0) is 14.6 Å². The quantitative estimate of drug-likeness (QED) is 0.697. The summed E-state index contributed by atoms with van der Waals surface area (Å²) in [5.41, 5.74) is 0. The molecule has 2 aliphatic carbocycles. The highest BCUT2D eigenvalue weighted by molar-refractivity contribution is 7.93. The third kappa shape index (κ3) is 3.53. The van der Waals surface area contributed by atoms with Crippen molar-refractivity contribution in [1.29, 1.82) is 0 Å². The molecule has 2 saturated carbocycles. The van der Waals surface area contributed by atoms with Crippen molar-refractivity contribution < 1.29 is 13.2 Å². The van der Waals surface area contributed by atoms with Crippen LogP contribution in [0.3, 0.4) is 0 Å². The summed E-state index contributed by atoms with van der Waals surface area (Å²) in [5, 5.41) is 0.492. The number of halogens is 1. The SMILES string of the molecule is CN(C(=O)C1(S(=O)(=O)c2ccc(Cl)cc2)CCCC1)C1CCCCCC1. The molecule has 0 N–H and O–H groups in total. The number of nitrogens with zero attached hydrogens (tertiary/aromatic N) is 1. The topological polar surface area (TPSA) is 54.5 Å². The Bertz CT molecular complexity index is 731. The van der Waals surface area contributed by atoms with Crippen LogP contribution in [0.15, 0.2) is 29.2 Å². The van der Waals surface area contributed by atoms with Crippen molar-refractivity contribution in [2.75, 3.05) is 7.05 Å². The molecule has 0 aliphatic heterocycles. The van der Waals surface area contributed by atoms with E-state index >= 15 is 0 Å². The first-order chi connectivity index (χ1) is 12.4. The van der Waals surface area contributed by atoms with Crippen LogP contribution in [0, 0.1) is 0 Å². The molecular formula is C20H28ClNO3S. The van der Waals surface area contributed by atoms with Crippen LogP contribution < -0.4 is 0 Å². The normalized spacial score (nSPS) is 21.3. The van der Waals surface area contributed by atoms with Crippen LogP contribution in [0.5, 0.6) is 0 Å². The summed E-state index contributed by atoms with van der Waals surface area (Å²) in [4.78, 5) is 15.4. The van der Waals surface area contributed by atoms with Crippen molar-refractivity contribution in [3.05, 3.63) is 29.3 Å². The fraction of sp³-hybridized carbons (Fsp3) is 0.650. The fourth-order valence-electron chi connectivity index (χ4n) is 4.52. The van der Waals surface area contributed by atoms with Crippen molar-refractivity contribution in [2.45, 2.75) is 79.9 Å². The van der Waals surface area contributed by atoms with Gasteiger partial charge in [-0.05, 0) is 49.9 Å². The molecule has 0 saturated heterocycles. The Balaban J connectivity index is 1.93. The van der Waals surface area contributed by atoms with Crippen molar-refractivity contribution in [3.8, 4) is 0 Å². The lowest BCUT2D eigenvalue weighted by atomic mass is 10.0. The average molecular weight is 398 g/mol. The lowest BCUT2D eigenvalue weighted by Crippen LogP contribution is -2.53. The molecule has 4 nitrogen and oxygen atoms in total. The molecule has 6 heteroatoms. The van der Waals surface area contributed by atoms with E-state index in [4.69, 9.17) is 11.6 Å². The summed E-state index contributed by atoms with van der Waals surface area (Å²) in [6.45, 7) is 0. The van der Waals surface area contributed by atoms with E-state index in [1.54, 1.807) is 24.1 Å². The molecule has 0 heterocycles.